The molecule has 0 aliphatic rings. The molecule has 0 amide bonds. The minimum Gasteiger partial charge on any atom is -0.463 e. The van der Waals surface area contributed by atoms with Crippen LogP contribution in [0.1, 0.15) is 168 Å². The molecule has 0 spiro atoms. The molecule has 1 N–H and O–H groups in total. The first-order valence-electron chi connectivity index (χ1n) is 17.5. The van der Waals surface area contributed by atoms with E-state index in [9.17, 15) is 14.7 Å². The number of aliphatic hydroxyl groups excluding tert-OH is 1. The van der Waals surface area contributed by atoms with Crippen LogP contribution >= 0.6 is 0 Å². The second kappa shape index (κ2) is 33.6. The van der Waals surface area contributed by atoms with E-state index in [0.29, 0.717) is 12.8 Å². The van der Waals surface area contributed by atoms with Crippen LogP contribution in [-0.4, -0.2) is 36.4 Å². The predicted octanol–water partition coefficient (Wildman–Crippen LogP) is 10.5. The largest absolute Gasteiger partial charge is 0.463 e. The van der Waals surface area contributed by atoms with Crippen molar-refractivity contribution in [3.05, 3.63) is 36.5 Å². The van der Waals surface area contributed by atoms with Crippen LogP contribution in [0.15, 0.2) is 36.5 Å². The van der Waals surface area contributed by atoms with Crippen molar-refractivity contribution < 1.29 is 24.2 Å². The molecule has 5 nitrogen and oxygen atoms in total. The maximum atomic E-state index is 11.9. The zero-order valence-electron chi connectivity index (χ0n) is 27.5. The molecule has 0 aromatic rings. The highest BCUT2D eigenvalue weighted by molar-refractivity contribution is 5.69. The fraction of sp³-hybridized carbons (Fsp3) is 0.784. The van der Waals surface area contributed by atoms with Crippen LogP contribution < -0.4 is 0 Å². The summed E-state index contributed by atoms with van der Waals surface area (Å²) in [5.41, 5.74) is 0. The van der Waals surface area contributed by atoms with E-state index in [1.165, 1.54) is 77.0 Å². The van der Waals surface area contributed by atoms with Gasteiger partial charge in [0.25, 0.3) is 0 Å². The first-order chi connectivity index (χ1) is 20.6. The van der Waals surface area contributed by atoms with Gasteiger partial charge in [-0.15, -0.1) is 0 Å². The van der Waals surface area contributed by atoms with E-state index in [0.717, 1.165) is 64.2 Å². The third-order valence-corrected chi connectivity index (χ3v) is 7.39. The Morgan fingerprint density at radius 2 is 0.905 bits per heavy atom. The number of allylic oxidation sites excluding steroid dienone is 6. The summed E-state index contributed by atoms with van der Waals surface area (Å²) in [6.07, 6.45) is 39.0. The first kappa shape index (κ1) is 40.1. The van der Waals surface area contributed by atoms with Crippen molar-refractivity contribution in [3.8, 4) is 0 Å². The van der Waals surface area contributed by atoms with Crippen molar-refractivity contribution in [2.24, 2.45) is 0 Å². The number of carbonyl (C=O) groups excluding carboxylic acids is 2. The van der Waals surface area contributed by atoms with Crippen molar-refractivity contribution in [1.29, 1.82) is 0 Å². The molecule has 1 unspecified atom stereocenters. The Bertz CT molecular complexity index is 682. The van der Waals surface area contributed by atoms with Crippen molar-refractivity contribution >= 4 is 11.9 Å². The molecule has 0 radical (unpaired) electrons. The molecule has 0 saturated heterocycles. The Morgan fingerprint density at radius 1 is 0.524 bits per heavy atom. The fourth-order valence-corrected chi connectivity index (χ4v) is 4.75. The quantitative estimate of drug-likeness (QED) is 0.0494. The Hall–Kier alpha value is -1.88. The number of aliphatic hydroxyl groups is 1. The number of rotatable bonds is 31. The average molecular weight is 591 g/mol. The van der Waals surface area contributed by atoms with E-state index in [4.69, 9.17) is 9.47 Å². The molecule has 0 aromatic carbocycles. The number of esters is 2. The molecule has 0 aromatic heterocycles. The topological polar surface area (TPSA) is 72.8 Å². The van der Waals surface area contributed by atoms with E-state index < -0.39 is 6.10 Å². The number of unbranched alkanes of at least 4 members (excludes halogenated alkanes) is 17. The van der Waals surface area contributed by atoms with Crippen LogP contribution in [0.5, 0.6) is 0 Å². The Balaban J connectivity index is 3.47. The maximum absolute atomic E-state index is 11.9. The van der Waals surface area contributed by atoms with Gasteiger partial charge in [0.1, 0.15) is 19.3 Å². The summed E-state index contributed by atoms with van der Waals surface area (Å²) in [5.74, 6) is -0.584. The van der Waals surface area contributed by atoms with Gasteiger partial charge in [0, 0.05) is 12.8 Å². The smallest absolute Gasteiger partial charge is 0.305 e. The monoisotopic (exact) mass is 590 g/mol. The van der Waals surface area contributed by atoms with Crippen LogP contribution in [0.3, 0.4) is 0 Å². The van der Waals surface area contributed by atoms with Crippen LogP contribution in [0.4, 0.5) is 0 Å². The van der Waals surface area contributed by atoms with E-state index in [1.807, 2.05) is 0 Å². The predicted molar refractivity (Wildman–Crippen MR) is 178 cm³/mol. The summed E-state index contributed by atoms with van der Waals surface area (Å²) in [6, 6.07) is 0. The summed E-state index contributed by atoms with van der Waals surface area (Å²) < 4.78 is 10.3. The molecular weight excluding hydrogens is 524 g/mol. The highest BCUT2D eigenvalue weighted by atomic mass is 16.6. The molecule has 1 atom stereocenters. The summed E-state index contributed by atoms with van der Waals surface area (Å²) in [6.45, 7) is 4.16. The normalized spacial score (nSPS) is 12.5. The minimum atomic E-state index is -0.967. The lowest BCUT2D eigenvalue weighted by molar-refractivity contribution is -0.152. The van der Waals surface area contributed by atoms with Crippen LogP contribution in [0, 0.1) is 0 Å². The standard InChI is InChI=1S/C37H66O5/c1-3-5-7-9-11-13-15-17-18-20-22-24-26-28-30-32-37(40)42-34-35(38)33-41-36(39)31-29-27-25-23-21-19-16-14-12-10-8-6-4-2/h5,7,11,13,17-18,35,38H,3-4,6,8-10,12,14-16,19-34H2,1-2H3. The van der Waals surface area contributed by atoms with Gasteiger partial charge >= 0.3 is 11.9 Å². The number of ether oxygens (including phenoxy) is 2. The van der Waals surface area contributed by atoms with Crippen LogP contribution in [-0.2, 0) is 19.1 Å². The number of hydrogen-bond donors (Lipinski definition) is 1. The maximum Gasteiger partial charge on any atom is 0.305 e. The fourth-order valence-electron chi connectivity index (χ4n) is 4.75. The number of carbonyl (C=O) groups is 2. The second-order valence-corrected chi connectivity index (χ2v) is 11.6. The highest BCUT2D eigenvalue weighted by Gasteiger charge is 2.12. The van der Waals surface area contributed by atoms with Crippen LogP contribution in [0.2, 0.25) is 0 Å². The van der Waals surface area contributed by atoms with Gasteiger partial charge in [-0.25, -0.2) is 0 Å². The van der Waals surface area contributed by atoms with Gasteiger partial charge in [-0.2, -0.15) is 0 Å². The first-order valence-corrected chi connectivity index (χ1v) is 17.5. The molecule has 42 heavy (non-hydrogen) atoms. The molecule has 0 bridgehead atoms. The summed E-state index contributed by atoms with van der Waals surface area (Å²) >= 11 is 0. The summed E-state index contributed by atoms with van der Waals surface area (Å²) in [5, 5.41) is 9.97. The van der Waals surface area contributed by atoms with Gasteiger partial charge in [-0.05, 0) is 44.9 Å². The van der Waals surface area contributed by atoms with Gasteiger partial charge in [0.2, 0.25) is 0 Å². The molecule has 0 fully saturated rings. The van der Waals surface area contributed by atoms with Crippen molar-refractivity contribution in [3.63, 3.8) is 0 Å². The lowest BCUT2D eigenvalue weighted by atomic mass is 10.0. The minimum absolute atomic E-state index is 0.119. The van der Waals surface area contributed by atoms with Gasteiger partial charge in [-0.1, -0.05) is 147 Å². The number of hydrogen-bond acceptors (Lipinski definition) is 5. The van der Waals surface area contributed by atoms with E-state index in [-0.39, 0.29) is 25.2 Å². The second-order valence-electron chi connectivity index (χ2n) is 11.6. The van der Waals surface area contributed by atoms with Gasteiger partial charge in [0.05, 0.1) is 0 Å². The third kappa shape index (κ3) is 32.6. The molecule has 0 saturated carbocycles. The molecule has 0 aliphatic heterocycles. The van der Waals surface area contributed by atoms with Gasteiger partial charge in [0.15, 0.2) is 0 Å². The third-order valence-electron chi connectivity index (χ3n) is 7.39. The van der Waals surface area contributed by atoms with Gasteiger partial charge in [-0.3, -0.25) is 9.59 Å². The highest BCUT2D eigenvalue weighted by Crippen LogP contribution is 2.13. The Morgan fingerprint density at radius 3 is 1.36 bits per heavy atom. The van der Waals surface area contributed by atoms with Gasteiger partial charge < -0.3 is 14.6 Å². The Kier molecular flexibility index (Phi) is 32.1. The molecule has 0 aliphatic carbocycles. The molecular formula is C37H66O5. The van der Waals surface area contributed by atoms with E-state index in [2.05, 4.69) is 50.3 Å². The van der Waals surface area contributed by atoms with Crippen molar-refractivity contribution in [1.82, 2.24) is 0 Å². The summed E-state index contributed by atoms with van der Waals surface area (Å²) in [4.78, 5) is 23.8. The van der Waals surface area contributed by atoms with E-state index in [1.54, 1.807) is 0 Å². The van der Waals surface area contributed by atoms with Crippen molar-refractivity contribution in [2.75, 3.05) is 13.2 Å². The zero-order valence-corrected chi connectivity index (χ0v) is 27.5. The molecule has 0 heterocycles. The van der Waals surface area contributed by atoms with E-state index >= 15 is 0 Å². The lowest BCUT2D eigenvalue weighted by Gasteiger charge is -2.12. The molecule has 244 valence electrons. The van der Waals surface area contributed by atoms with Crippen molar-refractivity contribution in [2.45, 2.75) is 174 Å². The zero-order chi connectivity index (χ0) is 30.8. The Labute approximate surface area is 259 Å². The molecule has 0 rings (SSSR count). The lowest BCUT2D eigenvalue weighted by Crippen LogP contribution is -2.25. The average Bonchev–Trinajstić information content (AvgIpc) is 2.99. The molecule has 5 heteroatoms. The SMILES string of the molecule is CCC=CCC=CCC=CCCCCCCCC(=O)OCC(O)COC(=O)CCCCCCCCCCCCCCC. The van der Waals surface area contributed by atoms with Crippen LogP contribution in [0.25, 0.3) is 0 Å². The summed E-state index contributed by atoms with van der Waals surface area (Å²) in [7, 11) is 0.